The third-order valence-corrected chi connectivity index (χ3v) is 1.22. The molecule has 0 spiro atoms. The van der Waals surface area contributed by atoms with Gasteiger partial charge in [0.05, 0.1) is 5.69 Å². The maximum absolute atomic E-state index is 10.1. The highest BCUT2D eigenvalue weighted by molar-refractivity contribution is 7.78. The minimum atomic E-state index is 0.559. The summed E-state index contributed by atoms with van der Waals surface area (Å²) in [6.07, 6.45) is 3.80. The van der Waals surface area contributed by atoms with Crippen LogP contribution in [-0.4, -0.2) is 15.8 Å². The van der Waals surface area contributed by atoms with Crippen LogP contribution in [0.2, 0.25) is 0 Å². The Bertz CT molecular complexity index is 229. The molecule has 11 heavy (non-hydrogen) atoms. The highest BCUT2D eigenvalue weighted by Gasteiger charge is 1.92. The van der Waals surface area contributed by atoms with Crippen molar-refractivity contribution in [2.75, 3.05) is 5.43 Å². The first-order valence-corrected chi connectivity index (χ1v) is 3.33. The summed E-state index contributed by atoms with van der Waals surface area (Å²) in [5.41, 5.74) is 3.45. The van der Waals surface area contributed by atoms with Gasteiger partial charge in [0.2, 0.25) is 6.41 Å². The highest BCUT2D eigenvalue weighted by Crippen LogP contribution is 2.04. The third-order valence-electron chi connectivity index (χ3n) is 1.02. The number of anilines is 1. The Balaban J connectivity index is 2.57. The zero-order valence-electron chi connectivity index (χ0n) is 5.64. The van der Waals surface area contributed by atoms with Crippen LogP contribution in [0, 0.1) is 0 Å². The van der Waals surface area contributed by atoms with E-state index in [-0.39, 0.29) is 0 Å². The molecule has 5 heteroatoms. The van der Waals surface area contributed by atoms with Gasteiger partial charge in [0, 0.05) is 12.4 Å². The molecule has 0 aliphatic carbocycles. The molecule has 0 saturated carbocycles. The molecular weight excluding hydrogens is 162 g/mol. The number of amides is 1. The van der Waals surface area contributed by atoms with Gasteiger partial charge in [-0.15, -0.1) is 0 Å². The molecule has 4 nitrogen and oxygen atoms in total. The summed E-state index contributed by atoms with van der Waals surface area (Å²) in [5.74, 6) is 0. The molecule has 58 valence electrons. The van der Waals surface area contributed by atoms with E-state index < -0.39 is 0 Å². The van der Waals surface area contributed by atoms with Crippen molar-refractivity contribution in [2.45, 2.75) is 0 Å². The second kappa shape index (κ2) is 3.82. The van der Waals surface area contributed by atoms with Gasteiger partial charge < -0.3 is 0 Å². The minimum Gasteiger partial charge on any atom is -0.286 e. The van der Waals surface area contributed by atoms with Crippen LogP contribution in [0.25, 0.3) is 0 Å². The number of rotatable bonds is 3. The van der Waals surface area contributed by atoms with Crippen LogP contribution in [-0.2, 0) is 4.79 Å². The summed E-state index contributed by atoms with van der Waals surface area (Å²) in [6.45, 7) is 0. The second-order valence-electron chi connectivity index (χ2n) is 1.80. The third kappa shape index (κ3) is 2.46. The Morgan fingerprint density at radius 1 is 1.55 bits per heavy atom. The van der Waals surface area contributed by atoms with Crippen molar-refractivity contribution in [2.24, 2.45) is 0 Å². The van der Waals surface area contributed by atoms with E-state index in [9.17, 15) is 4.79 Å². The average Bonchev–Trinajstić information content (AvgIpc) is 2.06. The van der Waals surface area contributed by atoms with Crippen LogP contribution in [0.5, 0.6) is 0 Å². The molecule has 1 aromatic heterocycles. The first-order valence-electron chi connectivity index (χ1n) is 2.93. The maximum atomic E-state index is 10.1. The molecule has 0 radical (unpaired) electrons. The fourth-order valence-electron chi connectivity index (χ4n) is 0.585. The molecule has 0 unspecified atom stereocenters. The number of pyridine rings is 1. The van der Waals surface area contributed by atoms with Crippen LogP contribution in [0.15, 0.2) is 24.5 Å². The lowest BCUT2D eigenvalue weighted by molar-refractivity contribution is -0.112. The maximum Gasteiger partial charge on any atom is 0.238 e. The number of hydrogen-bond donors (Lipinski definition) is 2. The average molecular weight is 169 g/mol. The molecule has 0 bridgehead atoms. The molecule has 1 heterocycles. The van der Waals surface area contributed by atoms with Crippen molar-refractivity contribution in [1.29, 1.82) is 0 Å². The monoisotopic (exact) mass is 169 g/mol. The zero-order valence-corrected chi connectivity index (χ0v) is 6.53. The van der Waals surface area contributed by atoms with Gasteiger partial charge in [-0.05, 0) is 24.9 Å². The number of nitrogens with zero attached hydrogens (tertiary/aromatic N) is 2. The largest absolute Gasteiger partial charge is 0.286 e. The Hall–Kier alpha value is -1.23. The lowest BCUT2D eigenvalue weighted by Gasteiger charge is -2.10. The minimum absolute atomic E-state index is 0.559. The normalized spacial score (nSPS) is 8.82. The van der Waals surface area contributed by atoms with Gasteiger partial charge in [-0.25, -0.2) is 4.41 Å². The first-order chi connectivity index (χ1) is 5.33. The summed E-state index contributed by atoms with van der Waals surface area (Å²) in [4.78, 5) is 13.9. The molecular formula is C6H7N3OS. The van der Waals surface area contributed by atoms with E-state index in [0.717, 1.165) is 10.1 Å². The Morgan fingerprint density at radius 2 is 2.18 bits per heavy atom. The van der Waals surface area contributed by atoms with E-state index >= 15 is 0 Å². The topological polar surface area (TPSA) is 45.2 Å². The molecule has 1 rings (SSSR count). The number of hydrogen-bond acceptors (Lipinski definition) is 4. The second-order valence-corrected chi connectivity index (χ2v) is 2.23. The summed E-state index contributed by atoms with van der Waals surface area (Å²) in [6, 6.07) is 3.46. The first kappa shape index (κ1) is 7.87. The van der Waals surface area contributed by atoms with Crippen LogP contribution in [0.3, 0.4) is 0 Å². The molecule has 1 amide bonds. The van der Waals surface area contributed by atoms with Crippen LogP contribution in [0.1, 0.15) is 0 Å². The fraction of sp³-hybridized carbons (Fsp3) is 0. The number of aromatic nitrogens is 1. The van der Waals surface area contributed by atoms with E-state index in [0.29, 0.717) is 6.41 Å². The van der Waals surface area contributed by atoms with Gasteiger partial charge in [-0.2, -0.15) is 0 Å². The predicted octanol–water partition coefficient (Wildman–Crippen LogP) is 0.712. The van der Waals surface area contributed by atoms with E-state index in [1.807, 2.05) is 0 Å². The van der Waals surface area contributed by atoms with Crippen LogP contribution < -0.4 is 5.43 Å². The molecule has 1 aromatic rings. The molecule has 0 saturated heterocycles. The standard InChI is InChI=1S/C6H7N3OS/c10-5-9(11)8-6-1-3-7-4-2-6/h1-5,11H,(H,7,8). The number of hydrazine groups is 1. The van der Waals surface area contributed by atoms with E-state index in [1.165, 1.54) is 0 Å². The Kier molecular flexibility index (Phi) is 2.74. The molecule has 0 aliphatic rings. The summed E-state index contributed by atoms with van der Waals surface area (Å²) in [7, 11) is 0. The van der Waals surface area contributed by atoms with E-state index in [1.54, 1.807) is 24.5 Å². The van der Waals surface area contributed by atoms with Crippen molar-refractivity contribution >= 4 is 24.9 Å². The molecule has 0 atom stereocenters. The zero-order chi connectivity index (χ0) is 8.10. The predicted molar refractivity (Wildman–Crippen MR) is 44.7 cm³/mol. The van der Waals surface area contributed by atoms with Crippen molar-refractivity contribution in [3.05, 3.63) is 24.5 Å². The van der Waals surface area contributed by atoms with Gasteiger partial charge in [-0.1, -0.05) is 0 Å². The number of carbonyl (C=O) groups is 1. The molecule has 0 aliphatic heterocycles. The van der Waals surface area contributed by atoms with Gasteiger partial charge in [0.1, 0.15) is 0 Å². The summed E-state index contributed by atoms with van der Waals surface area (Å²) >= 11 is 3.78. The summed E-state index contributed by atoms with van der Waals surface area (Å²) < 4.78 is 1.02. The molecule has 0 fully saturated rings. The smallest absolute Gasteiger partial charge is 0.238 e. The quantitative estimate of drug-likeness (QED) is 0.398. The van der Waals surface area contributed by atoms with Gasteiger partial charge in [0.15, 0.2) is 0 Å². The van der Waals surface area contributed by atoms with Crippen LogP contribution in [0.4, 0.5) is 5.69 Å². The van der Waals surface area contributed by atoms with Crippen molar-refractivity contribution in [3.63, 3.8) is 0 Å². The highest BCUT2D eigenvalue weighted by atomic mass is 32.1. The number of nitrogens with one attached hydrogen (secondary N) is 1. The van der Waals surface area contributed by atoms with Crippen molar-refractivity contribution in [3.8, 4) is 0 Å². The van der Waals surface area contributed by atoms with E-state index in [4.69, 9.17) is 0 Å². The lowest BCUT2D eigenvalue weighted by Crippen LogP contribution is -2.17. The van der Waals surface area contributed by atoms with Crippen LogP contribution >= 0.6 is 12.8 Å². The van der Waals surface area contributed by atoms with Gasteiger partial charge in [-0.3, -0.25) is 15.2 Å². The molecule has 0 aromatic carbocycles. The summed E-state index contributed by atoms with van der Waals surface area (Å²) in [5, 5.41) is 0. The van der Waals surface area contributed by atoms with Gasteiger partial charge in [0.25, 0.3) is 0 Å². The SMILES string of the molecule is O=CN(S)Nc1ccncc1. The van der Waals surface area contributed by atoms with Gasteiger partial charge >= 0.3 is 0 Å². The Morgan fingerprint density at radius 3 is 2.73 bits per heavy atom. The fourth-order valence-corrected chi connectivity index (χ4v) is 0.701. The van der Waals surface area contributed by atoms with Crippen molar-refractivity contribution in [1.82, 2.24) is 9.40 Å². The molecule has 1 N–H and O–H groups in total. The van der Waals surface area contributed by atoms with Crippen molar-refractivity contribution < 1.29 is 4.79 Å². The number of carbonyl (C=O) groups excluding carboxylic acids is 1. The Labute approximate surface area is 69.7 Å². The van der Waals surface area contributed by atoms with E-state index in [2.05, 4.69) is 23.2 Å². The number of thiol groups is 1. The lowest BCUT2D eigenvalue weighted by atomic mass is 10.4.